The van der Waals surface area contributed by atoms with Crippen molar-refractivity contribution in [2.24, 2.45) is 0 Å². The molecule has 1 saturated carbocycles. The summed E-state index contributed by atoms with van der Waals surface area (Å²) in [6.07, 6.45) is 6.10. The van der Waals surface area contributed by atoms with E-state index >= 15 is 0 Å². The van der Waals surface area contributed by atoms with E-state index in [1.54, 1.807) is 0 Å². The van der Waals surface area contributed by atoms with Crippen LogP contribution < -0.4 is 0 Å². The molecule has 0 spiro atoms. The Morgan fingerprint density at radius 1 is 0.784 bits per heavy atom. The van der Waals surface area contributed by atoms with Crippen LogP contribution in [0.25, 0.3) is 5.32 Å². The Hall–Kier alpha value is -1.15. The first-order valence-electron chi connectivity index (χ1n) is 13.5. The number of aromatic nitrogens is 1. The van der Waals surface area contributed by atoms with Crippen LogP contribution in [0, 0.1) is 6.42 Å². The van der Waals surface area contributed by atoms with Gasteiger partial charge in [-0.05, 0) is 41.5 Å². The molecule has 4 rings (SSSR count). The van der Waals surface area contributed by atoms with E-state index in [0.29, 0.717) is 23.7 Å². The van der Waals surface area contributed by atoms with E-state index in [4.69, 9.17) is 27.3 Å². The Kier molecular flexibility index (Phi) is 12.2. The number of benzene rings is 2. The first-order chi connectivity index (χ1) is 17.8. The van der Waals surface area contributed by atoms with Crippen LogP contribution >= 0.6 is 17.0 Å². The molecule has 0 aliphatic heterocycles. The minimum absolute atomic E-state index is 0.127. The van der Waals surface area contributed by atoms with E-state index in [-0.39, 0.29) is 6.04 Å². The molecule has 0 N–H and O–H groups in total. The summed E-state index contributed by atoms with van der Waals surface area (Å²) in [5, 5.41) is 5.58. The van der Waals surface area contributed by atoms with Gasteiger partial charge in [0.05, 0.1) is 0 Å². The van der Waals surface area contributed by atoms with Gasteiger partial charge in [-0.25, -0.2) is 0 Å². The van der Waals surface area contributed by atoms with Gasteiger partial charge in [0.1, 0.15) is 0 Å². The first-order valence-corrected chi connectivity index (χ1v) is 19.8. The standard InChI is InChI=1S/C32H40N2.2ClH.Zr/c1-21(2)25-15-9-10-16-28(25)32(30-20-12-19-29(33-30)24-13-7-8-14-24)34-31-26(22(3)4)17-11-18-27(31)23(5)6;;;/h9-13,15-24,32H,7-8,14H2,1-6H3;2*1H;/q-2;;;+4/p-2. The molecule has 2 aromatic carbocycles. The van der Waals surface area contributed by atoms with E-state index in [2.05, 4.69) is 109 Å². The monoisotopic (exact) mass is 612 g/mol. The number of pyridine rings is 1. The van der Waals surface area contributed by atoms with E-state index < -0.39 is 20.8 Å². The molecule has 3 aromatic rings. The van der Waals surface area contributed by atoms with E-state index in [1.165, 1.54) is 47.2 Å². The second-order valence-electron chi connectivity index (χ2n) is 10.7. The van der Waals surface area contributed by atoms with Crippen LogP contribution in [0.1, 0.15) is 124 Å². The number of hydrogen-bond acceptors (Lipinski definition) is 1. The molecule has 2 nitrogen and oxygen atoms in total. The van der Waals surface area contributed by atoms with Crippen molar-refractivity contribution in [1.82, 2.24) is 4.98 Å². The number of nitrogens with zero attached hydrogens (tertiary/aromatic N) is 2. The maximum atomic E-state index is 5.58. The summed E-state index contributed by atoms with van der Waals surface area (Å²) in [6.45, 7) is 13.6. The summed E-state index contributed by atoms with van der Waals surface area (Å²) in [5.74, 6) is 1.71. The number of hydrogen-bond donors (Lipinski definition) is 0. The first kappa shape index (κ1) is 30.4. The number of halogens is 2. The topological polar surface area (TPSA) is 27.0 Å². The van der Waals surface area contributed by atoms with Crippen molar-refractivity contribution in [1.29, 1.82) is 0 Å². The van der Waals surface area contributed by atoms with Gasteiger partial charge in [0.2, 0.25) is 0 Å². The molecule has 2 unspecified atom stereocenters. The van der Waals surface area contributed by atoms with Gasteiger partial charge in [-0.1, -0.05) is 120 Å². The minimum atomic E-state index is -0.826. The summed E-state index contributed by atoms with van der Waals surface area (Å²) < 4.78 is 0. The average Bonchev–Trinajstić information content (AvgIpc) is 3.43. The van der Waals surface area contributed by atoms with Crippen LogP contribution in [-0.4, -0.2) is 4.98 Å². The van der Waals surface area contributed by atoms with Crippen LogP contribution in [0.4, 0.5) is 5.69 Å². The fourth-order valence-electron chi connectivity index (χ4n) is 5.24. The molecule has 1 aliphatic carbocycles. The van der Waals surface area contributed by atoms with E-state index in [0.717, 1.165) is 11.4 Å². The molecule has 1 aromatic heterocycles. The van der Waals surface area contributed by atoms with Gasteiger partial charge in [-0.2, -0.15) is 6.42 Å². The Morgan fingerprint density at radius 2 is 1.32 bits per heavy atom. The van der Waals surface area contributed by atoms with Gasteiger partial charge < -0.3 is 11.7 Å². The van der Waals surface area contributed by atoms with Crippen molar-refractivity contribution in [2.75, 3.05) is 0 Å². The molecule has 0 saturated heterocycles. The number of para-hydroxylation sites is 1. The second-order valence-corrected chi connectivity index (χ2v) is 14.5. The summed E-state index contributed by atoms with van der Waals surface area (Å²) in [7, 11) is 9.87. The molecule has 37 heavy (non-hydrogen) atoms. The third kappa shape index (κ3) is 7.94. The van der Waals surface area contributed by atoms with Crippen LogP contribution in [0.3, 0.4) is 0 Å². The van der Waals surface area contributed by atoms with Crippen LogP contribution in [0.5, 0.6) is 0 Å². The van der Waals surface area contributed by atoms with Crippen LogP contribution in [0.2, 0.25) is 0 Å². The van der Waals surface area contributed by atoms with Gasteiger partial charge in [0, 0.05) is 11.4 Å². The molecule has 1 heterocycles. The zero-order chi connectivity index (χ0) is 26.9. The van der Waals surface area contributed by atoms with Gasteiger partial charge >= 0.3 is 37.9 Å². The molecule has 5 heteroatoms. The zero-order valence-corrected chi connectivity index (χ0v) is 27.0. The van der Waals surface area contributed by atoms with Crippen molar-refractivity contribution in [3.05, 3.63) is 106 Å². The van der Waals surface area contributed by atoms with Gasteiger partial charge in [0.15, 0.2) is 0 Å². The summed E-state index contributed by atoms with van der Waals surface area (Å²) in [4.78, 5) is 5.25. The Labute approximate surface area is 243 Å². The van der Waals surface area contributed by atoms with Crippen LogP contribution in [0.15, 0.2) is 60.7 Å². The fourth-order valence-corrected chi connectivity index (χ4v) is 5.24. The molecule has 196 valence electrons. The molecule has 0 bridgehead atoms. The second kappa shape index (κ2) is 14.9. The van der Waals surface area contributed by atoms with Gasteiger partial charge in [0.25, 0.3) is 0 Å². The zero-order valence-electron chi connectivity index (χ0n) is 23.0. The van der Waals surface area contributed by atoms with Crippen molar-refractivity contribution >= 4 is 22.7 Å². The summed E-state index contributed by atoms with van der Waals surface area (Å²) in [5.41, 5.74) is 8.65. The maximum absolute atomic E-state index is 5.58. The van der Waals surface area contributed by atoms with E-state index in [1.807, 2.05) is 0 Å². The molecule has 0 radical (unpaired) electrons. The predicted molar refractivity (Wildman–Crippen MR) is 157 cm³/mol. The molecule has 2 atom stereocenters. The molecule has 1 fully saturated rings. The van der Waals surface area contributed by atoms with Crippen molar-refractivity contribution in [3.63, 3.8) is 0 Å². The van der Waals surface area contributed by atoms with E-state index in [9.17, 15) is 0 Å². The van der Waals surface area contributed by atoms with Crippen molar-refractivity contribution < 1.29 is 20.8 Å². The number of rotatable bonds is 8. The molecular weight excluding hydrogens is 574 g/mol. The summed E-state index contributed by atoms with van der Waals surface area (Å²) >= 11 is -0.826. The molecule has 0 amide bonds. The van der Waals surface area contributed by atoms with Gasteiger partial charge in [-0.3, -0.25) is 4.98 Å². The normalized spacial score (nSPS) is 15.9. The third-order valence-corrected chi connectivity index (χ3v) is 7.14. The molecular formula is C32H40Cl2N2Zr. The quantitative estimate of drug-likeness (QED) is 0.232. The SMILES string of the molecule is CC(C)c1ccccc1C([N-]c1c(C(C)C)cccc1C(C)C)c1cccc(C2[CH-]CCC2)n1.[Cl][Zr+2][Cl]. The third-order valence-electron chi connectivity index (χ3n) is 7.14. The van der Waals surface area contributed by atoms with Crippen molar-refractivity contribution in [3.8, 4) is 0 Å². The fraction of sp³-hybridized carbons (Fsp3) is 0.438. The van der Waals surface area contributed by atoms with Gasteiger partial charge in [-0.15, -0.1) is 11.6 Å². The predicted octanol–water partition coefficient (Wildman–Crippen LogP) is 11.1. The van der Waals surface area contributed by atoms with Crippen LogP contribution in [-0.2, 0) is 20.8 Å². The Balaban J connectivity index is 0.00000121. The Bertz CT molecular complexity index is 1100. The summed E-state index contributed by atoms with van der Waals surface area (Å²) in [6, 6.07) is 21.9. The average molecular weight is 615 g/mol. The Morgan fingerprint density at radius 3 is 1.86 bits per heavy atom. The van der Waals surface area contributed by atoms with Crippen molar-refractivity contribution in [2.45, 2.75) is 90.5 Å². The molecule has 1 aliphatic rings.